The molecule has 0 aliphatic carbocycles. The van der Waals surface area contributed by atoms with Crippen molar-refractivity contribution in [2.75, 3.05) is 0 Å². The van der Waals surface area contributed by atoms with Crippen molar-refractivity contribution in [3.8, 4) is 0 Å². The summed E-state index contributed by atoms with van der Waals surface area (Å²) in [5.41, 5.74) is 1.32. The third-order valence-electron chi connectivity index (χ3n) is 3.33. The smallest absolute Gasteiger partial charge is 0.133 e. The zero-order chi connectivity index (χ0) is 12.4. The van der Waals surface area contributed by atoms with Gasteiger partial charge in [-0.3, -0.25) is 4.79 Å². The number of Topliss-reactive ketones (excluding diaryl/α,β-unsaturated/α-hetero) is 1. The summed E-state index contributed by atoms with van der Waals surface area (Å²) in [6, 6.07) is 8.42. The van der Waals surface area contributed by atoms with Crippen LogP contribution in [-0.4, -0.2) is 5.78 Å². The predicted octanol–water partition coefficient (Wildman–Crippen LogP) is 4.31. The molecule has 1 atom stereocenters. The second-order valence-corrected chi connectivity index (χ2v) is 5.83. The molecule has 1 aromatic heterocycles. The number of benzene rings is 1. The zero-order valence-corrected chi connectivity index (χ0v) is 11.4. The maximum Gasteiger partial charge on any atom is 0.133 e. The Morgan fingerprint density at radius 2 is 2.00 bits per heavy atom. The maximum absolute atomic E-state index is 11.7. The van der Waals surface area contributed by atoms with Crippen molar-refractivity contribution in [2.45, 2.75) is 27.2 Å². The first-order valence-corrected chi connectivity index (χ1v) is 6.93. The van der Waals surface area contributed by atoms with E-state index in [2.05, 4.69) is 43.5 Å². The van der Waals surface area contributed by atoms with Gasteiger partial charge in [0.05, 0.1) is 0 Å². The first-order chi connectivity index (χ1) is 8.09. The van der Waals surface area contributed by atoms with E-state index in [0.29, 0.717) is 11.7 Å². The van der Waals surface area contributed by atoms with Gasteiger partial charge in [0.1, 0.15) is 5.78 Å². The molecule has 1 nitrogen and oxygen atoms in total. The van der Waals surface area contributed by atoms with Crippen molar-refractivity contribution in [1.82, 2.24) is 0 Å². The summed E-state index contributed by atoms with van der Waals surface area (Å²) in [7, 11) is 0. The molecule has 0 N–H and O–H groups in total. The molecule has 2 rings (SSSR count). The quantitative estimate of drug-likeness (QED) is 0.786. The molecule has 0 amide bonds. The van der Waals surface area contributed by atoms with Crippen LogP contribution in [0.5, 0.6) is 0 Å². The summed E-state index contributed by atoms with van der Waals surface area (Å²) in [6.45, 7) is 5.96. The maximum atomic E-state index is 11.7. The molecule has 0 spiro atoms. The minimum absolute atomic E-state index is 0.146. The lowest BCUT2D eigenvalue weighted by molar-refractivity contribution is -0.121. The summed E-state index contributed by atoms with van der Waals surface area (Å²) in [5, 5.41) is 3.51. The third-order valence-corrected chi connectivity index (χ3v) is 4.34. The van der Waals surface area contributed by atoms with Crippen LogP contribution in [0.25, 0.3) is 10.1 Å². The molecule has 0 radical (unpaired) electrons. The van der Waals surface area contributed by atoms with Crippen LogP contribution in [-0.2, 0) is 11.2 Å². The lowest BCUT2D eigenvalue weighted by Crippen LogP contribution is -2.19. The van der Waals surface area contributed by atoms with Crippen LogP contribution in [0.1, 0.15) is 26.3 Å². The highest BCUT2D eigenvalue weighted by Gasteiger charge is 2.20. The summed E-state index contributed by atoms with van der Waals surface area (Å²) in [5.74, 6) is 0.856. The average Bonchev–Trinajstić information content (AvgIpc) is 2.68. The van der Waals surface area contributed by atoms with Crippen molar-refractivity contribution in [2.24, 2.45) is 11.8 Å². The molecule has 0 fully saturated rings. The number of hydrogen-bond acceptors (Lipinski definition) is 2. The van der Waals surface area contributed by atoms with Gasteiger partial charge < -0.3 is 0 Å². The summed E-state index contributed by atoms with van der Waals surface area (Å²) >= 11 is 1.77. The number of ketones is 1. The van der Waals surface area contributed by atoms with Gasteiger partial charge in [0.25, 0.3) is 0 Å². The Balaban J connectivity index is 2.31. The first kappa shape index (κ1) is 12.3. The average molecular weight is 246 g/mol. The fourth-order valence-electron chi connectivity index (χ4n) is 2.28. The van der Waals surface area contributed by atoms with Crippen LogP contribution in [0.15, 0.2) is 29.6 Å². The molecular formula is C15H18OS. The number of rotatable bonds is 4. The molecule has 0 bridgehead atoms. The summed E-state index contributed by atoms with van der Waals surface area (Å²) < 4.78 is 1.31. The van der Waals surface area contributed by atoms with Gasteiger partial charge in [0, 0.05) is 10.6 Å². The lowest BCUT2D eigenvalue weighted by Gasteiger charge is -2.17. The predicted molar refractivity (Wildman–Crippen MR) is 74.5 cm³/mol. The normalized spacial score (nSPS) is 13.2. The molecule has 1 aromatic carbocycles. The van der Waals surface area contributed by atoms with E-state index >= 15 is 0 Å². The lowest BCUT2D eigenvalue weighted by atomic mass is 9.86. The van der Waals surface area contributed by atoms with Crippen LogP contribution in [0, 0.1) is 11.8 Å². The Hall–Kier alpha value is -1.15. The van der Waals surface area contributed by atoms with Crippen molar-refractivity contribution < 1.29 is 4.79 Å². The van der Waals surface area contributed by atoms with Crippen LogP contribution in [0.3, 0.4) is 0 Å². The van der Waals surface area contributed by atoms with Crippen LogP contribution < -0.4 is 0 Å². The van der Waals surface area contributed by atoms with E-state index in [1.54, 1.807) is 18.3 Å². The SMILES string of the molecule is CC(=O)C(Cc1csc2ccccc12)C(C)C. The number of carbonyl (C=O) groups is 1. The zero-order valence-electron chi connectivity index (χ0n) is 10.6. The third kappa shape index (κ3) is 2.58. The van der Waals surface area contributed by atoms with Gasteiger partial charge in [-0.2, -0.15) is 0 Å². The number of carbonyl (C=O) groups excluding carboxylic acids is 1. The molecule has 2 aromatic rings. The summed E-state index contributed by atoms with van der Waals surface area (Å²) in [6.07, 6.45) is 0.872. The molecule has 17 heavy (non-hydrogen) atoms. The van der Waals surface area contributed by atoms with E-state index in [1.165, 1.54) is 15.6 Å². The second-order valence-electron chi connectivity index (χ2n) is 4.92. The van der Waals surface area contributed by atoms with Crippen molar-refractivity contribution >= 4 is 27.2 Å². The highest BCUT2D eigenvalue weighted by atomic mass is 32.1. The Kier molecular flexibility index (Phi) is 3.63. The number of hydrogen-bond donors (Lipinski definition) is 0. The molecule has 1 unspecified atom stereocenters. The summed E-state index contributed by atoms with van der Waals surface area (Å²) in [4.78, 5) is 11.7. The Morgan fingerprint density at radius 3 is 2.65 bits per heavy atom. The first-order valence-electron chi connectivity index (χ1n) is 6.05. The van der Waals surface area contributed by atoms with E-state index in [-0.39, 0.29) is 5.92 Å². The topological polar surface area (TPSA) is 17.1 Å². The Morgan fingerprint density at radius 1 is 1.29 bits per heavy atom. The standard InChI is InChI=1S/C15H18OS/c1-10(2)14(11(3)16)8-12-9-17-15-7-5-4-6-13(12)15/h4-7,9-10,14H,8H2,1-3H3. The Bertz CT molecular complexity index is 524. The molecule has 0 aliphatic rings. The Labute approximate surface area is 106 Å². The molecule has 0 saturated carbocycles. The van der Waals surface area contributed by atoms with E-state index in [4.69, 9.17) is 0 Å². The highest BCUT2D eigenvalue weighted by molar-refractivity contribution is 7.17. The van der Waals surface area contributed by atoms with Crippen molar-refractivity contribution in [1.29, 1.82) is 0 Å². The minimum Gasteiger partial charge on any atom is -0.300 e. The molecule has 2 heteroatoms. The van der Waals surface area contributed by atoms with Gasteiger partial charge in [-0.1, -0.05) is 32.0 Å². The van der Waals surface area contributed by atoms with Crippen LogP contribution >= 0.6 is 11.3 Å². The fourth-order valence-corrected chi connectivity index (χ4v) is 3.25. The molecule has 0 saturated heterocycles. The monoisotopic (exact) mass is 246 g/mol. The van der Waals surface area contributed by atoms with Crippen LogP contribution in [0.2, 0.25) is 0 Å². The van der Waals surface area contributed by atoms with Gasteiger partial charge in [0.2, 0.25) is 0 Å². The van der Waals surface area contributed by atoms with E-state index < -0.39 is 0 Å². The van der Waals surface area contributed by atoms with Crippen molar-refractivity contribution in [3.05, 3.63) is 35.2 Å². The van der Waals surface area contributed by atoms with E-state index in [9.17, 15) is 4.79 Å². The molecule has 90 valence electrons. The number of fused-ring (bicyclic) bond motifs is 1. The largest absolute Gasteiger partial charge is 0.300 e. The van der Waals surface area contributed by atoms with Gasteiger partial charge in [-0.05, 0) is 41.7 Å². The molecular weight excluding hydrogens is 228 g/mol. The fraction of sp³-hybridized carbons (Fsp3) is 0.400. The molecule has 1 heterocycles. The van der Waals surface area contributed by atoms with Gasteiger partial charge in [-0.15, -0.1) is 11.3 Å². The highest BCUT2D eigenvalue weighted by Crippen LogP contribution is 2.29. The van der Waals surface area contributed by atoms with E-state index in [1.807, 2.05) is 0 Å². The van der Waals surface area contributed by atoms with Crippen LogP contribution in [0.4, 0.5) is 0 Å². The van der Waals surface area contributed by atoms with Gasteiger partial charge in [0.15, 0.2) is 0 Å². The molecule has 0 aliphatic heterocycles. The second kappa shape index (κ2) is 5.01. The van der Waals surface area contributed by atoms with Gasteiger partial charge in [-0.25, -0.2) is 0 Å². The minimum atomic E-state index is 0.146. The van der Waals surface area contributed by atoms with Gasteiger partial charge >= 0.3 is 0 Å². The van der Waals surface area contributed by atoms with Crippen molar-refractivity contribution in [3.63, 3.8) is 0 Å². The number of thiophene rings is 1. The van der Waals surface area contributed by atoms with E-state index in [0.717, 1.165) is 6.42 Å².